The summed E-state index contributed by atoms with van der Waals surface area (Å²) in [5, 5.41) is 0. The number of alkyl halides is 2. The van der Waals surface area contributed by atoms with E-state index in [-0.39, 0.29) is 5.82 Å². The Kier molecular flexibility index (Phi) is 5.56. The lowest BCUT2D eigenvalue weighted by molar-refractivity contribution is -0.152. The highest BCUT2D eigenvalue weighted by atomic mass is 31.2. The van der Waals surface area contributed by atoms with E-state index < -0.39 is 63.2 Å². The molecule has 3 rings (SSSR count). The van der Waals surface area contributed by atoms with Crippen LogP contribution in [0.15, 0.2) is 17.1 Å². The zero-order chi connectivity index (χ0) is 20.7. The summed E-state index contributed by atoms with van der Waals surface area (Å²) in [6.45, 7) is 1.79. The van der Waals surface area contributed by atoms with Crippen LogP contribution in [0.25, 0.3) is 0 Å². The van der Waals surface area contributed by atoms with Crippen molar-refractivity contribution in [3.8, 4) is 0 Å². The van der Waals surface area contributed by atoms with Crippen LogP contribution < -0.4 is 11.4 Å². The number of phosphoric acid groups is 1. The second kappa shape index (κ2) is 7.48. The average molecular weight is 425 g/mol. The number of rotatable bonds is 5. The smallest absolute Gasteiger partial charge is 0.461 e. The number of fused-ring (bicyclic) bond motifs is 1. The molecule has 2 aliphatic rings. The van der Waals surface area contributed by atoms with Crippen LogP contribution in [-0.2, 0) is 32.4 Å². The summed E-state index contributed by atoms with van der Waals surface area (Å²) in [5.41, 5.74) is 4.29. The standard InChI is InChI=1S/C14H18F2N3O8P/c1-7(2)25-10(20)6-24-28(22)23-5-8-11(27-28)14(15,16)12(26-8)19-4-3-9(17)18-13(19)21/h3-4,7-8,11-12H,5-6H2,1-2H3,(H2,17,18,21)/t8-,11-,12-,28?/m1/s1. The van der Waals surface area contributed by atoms with Gasteiger partial charge in [0.1, 0.15) is 11.9 Å². The van der Waals surface area contributed by atoms with Gasteiger partial charge in [-0.05, 0) is 19.9 Å². The van der Waals surface area contributed by atoms with Gasteiger partial charge in [0.15, 0.2) is 12.7 Å². The maximum atomic E-state index is 14.8. The van der Waals surface area contributed by atoms with Gasteiger partial charge in [0.05, 0.1) is 12.7 Å². The van der Waals surface area contributed by atoms with Crippen LogP contribution in [0, 0.1) is 0 Å². The van der Waals surface area contributed by atoms with Crippen LogP contribution in [0.3, 0.4) is 0 Å². The minimum absolute atomic E-state index is 0.147. The van der Waals surface area contributed by atoms with Gasteiger partial charge < -0.3 is 15.2 Å². The van der Waals surface area contributed by atoms with Gasteiger partial charge >= 0.3 is 25.4 Å². The predicted octanol–water partition coefficient (Wildman–Crippen LogP) is 0.850. The van der Waals surface area contributed by atoms with Crippen molar-refractivity contribution in [2.45, 2.75) is 44.3 Å². The van der Waals surface area contributed by atoms with E-state index in [1.807, 2.05) is 0 Å². The van der Waals surface area contributed by atoms with Gasteiger partial charge in [-0.25, -0.2) is 14.2 Å². The number of nitrogens with zero attached hydrogens (tertiary/aromatic N) is 2. The zero-order valence-electron chi connectivity index (χ0n) is 14.8. The number of phosphoric ester groups is 1. The highest BCUT2D eigenvalue weighted by Crippen LogP contribution is 2.59. The van der Waals surface area contributed by atoms with Gasteiger partial charge in [-0.15, -0.1) is 0 Å². The van der Waals surface area contributed by atoms with Crippen molar-refractivity contribution in [3.63, 3.8) is 0 Å². The van der Waals surface area contributed by atoms with Crippen LogP contribution >= 0.6 is 7.82 Å². The number of esters is 1. The highest BCUT2D eigenvalue weighted by Gasteiger charge is 2.65. The number of nitrogen functional groups attached to an aromatic ring is 1. The second-order valence-corrected chi connectivity index (χ2v) is 7.95. The first-order valence-electron chi connectivity index (χ1n) is 8.17. The summed E-state index contributed by atoms with van der Waals surface area (Å²) >= 11 is 0. The first-order chi connectivity index (χ1) is 13.0. The fourth-order valence-electron chi connectivity index (χ4n) is 2.67. The van der Waals surface area contributed by atoms with Crippen LogP contribution in [0.1, 0.15) is 20.1 Å². The molecule has 4 atom stereocenters. The summed E-state index contributed by atoms with van der Waals surface area (Å²) < 4.78 is 67.1. The molecule has 2 N–H and O–H groups in total. The van der Waals surface area contributed by atoms with E-state index in [4.69, 9.17) is 28.8 Å². The molecule has 14 heteroatoms. The van der Waals surface area contributed by atoms with Crippen LogP contribution in [0.5, 0.6) is 0 Å². The summed E-state index contributed by atoms with van der Waals surface area (Å²) in [4.78, 5) is 26.7. The van der Waals surface area contributed by atoms with Crippen molar-refractivity contribution in [1.29, 1.82) is 0 Å². The molecule has 2 fully saturated rings. The summed E-state index contributed by atoms with van der Waals surface area (Å²) in [6, 6.07) is 1.15. The molecular weight excluding hydrogens is 407 g/mol. The lowest BCUT2D eigenvalue weighted by Gasteiger charge is -2.31. The fraction of sp³-hybridized carbons (Fsp3) is 0.643. The van der Waals surface area contributed by atoms with E-state index in [2.05, 4.69) is 4.98 Å². The molecule has 2 saturated heterocycles. The molecule has 3 heterocycles. The van der Waals surface area contributed by atoms with E-state index in [0.29, 0.717) is 4.57 Å². The third kappa shape index (κ3) is 4.08. The molecule has 11 nitrogen and oxygen atoms in total. The maximum Gasteiger partial charge on any atom is 0.476 e. The van der Waals surface area contributed by atoms with E-state index in [1.54, 1.807) is 13.8 Å². The molecule has 28 heavy (non-hydrogen) atoms. The fourth-order valence-corrected chi connectivity index (χ4v) is 4.01. The van der Waals surface area contributed by atoms with Gasteiger partial charge in [0.25, 0.3) is 0 Å². The Balaban J connectivity index is 1.75. The molecular formula is C14H18F2N3O8P. The number of carbonyl (C=O) groups excluding carboxylic acids is 1. The molecule has 1 unspecified atom stereocenters. The third-order valence-electron chi connectivity index (χ3n) is 3.80. The Hall–Kier alpha value is -1.92. The quantitative estimate of drug-likeness (QED) is 0.533. The van der Waals surface area contributed by atoms with E-state index >= 15 is 0 Å². The summed E-state index contributed by atoms with van der Waals surface area (Å²) in [6.07, 6.45) is -4.90. The van der Waals surface area contributed by atoms with Crippen molar-refractivity contribution in [2.75, 3.05) is 18.9 Å². The number of hydrogen-bond acceptors (Lipinski definition) is 10. The highest BCUT2D eigenvalue weighted by molar-refractivity contribution is 7.48. The molecule has 0 aliphatic carbocycles. The Bertz CT molecular complexity index is 863. The minimum atomic E-state index is -4.48. The van der Waals surface area contributed by atoms with E-state index in [1.165, 1.54) is 0 Å². The van der Waals surface area contributed by atoms with Crippen LogP contribution in [0.2, 0.25) is 0 Å². The Morgan fingerprint density at radius 3 is 2.89 bits per heavy atom. The summed E-state index contributed by atoms with van der Waals surface area (Å²) in [5.74, 6) is -4.80. The number of nitrogens with two attached hydrogens (primary N) is 1. The van der Waals surface area contributed by atoms with Gasteiger partial charge in [-0.1, -0.05) is 0 Å². The van der Waals surface area contributed by atoms with Gasteiger partial charge in [-0.2, -0.15) is 13.8 Å². The van der Waals surface area contributed by atoms with Crippen molar-refractivity contribution >= 4 is 19.6 Å². The largest absolute Gasteiger partial charge is 0.476 e. The van der Waals surface area contributed by atoms with Gasteiger partial charge in [0.2, 0.25) is 6.23 Å². The first kappa shape index (κ1) is 20.8. The van der Waals surface area contributed by atoms with Crippen LogP contribution in [-0.4, -0.2) is 53.0 Å². The third-order valence-corrected chi connectivity index (χ3v) is 5.20. The van der Waals surface area contributed by atoms with Gasteiger partial charge in [0, 0.05) is 6.20 Å². The van der Waals surface area contributed by atoms with Crippen molar-refractivity contribution in [2.24, 2.45) is 0 Å². The summed E-state index contributed by atoms with van der Waals surface area (Å²) in [7, 11) is -4.48. The number of ether oxygens (including phenoxy) is 2. The molecule has 1 aromatic rings. The maximum absolute atomic E-state index is 14.8. The Labute approximate surface area is 157 Å². The van der Waals surface area contributed by atoms with E-state index in [9.17, 15) is 22.9 Å². The van der Waals surface area contributed by atoms with Gasteiger partial charge in [-0.3, -0.25) is 18.1 Å². The molecule has 2 aliphatic heterocycles. The topological polar surface area (TPSA) is 141 Å². The average Bonchev–Trinajstić information content (AvgIpc) is 2.83. The zero-order valence-corrected chi connectivity index (χ0v) is 15.7. The molecule has 1 aromatic heterocycles. The SMILES string of the molecule is CC(C)OC(=O)COP1(=O)OC[C@H]2O[C@@H](n3ccc(N)nc3=O)C(F)(F)[C@@H]2O1. The first-order valence-corrected chi connectivity index (χ1v) is 9.63. The predicted molar refractivity (Wildman–Crippen MR) is 87.4 cm³/mol. The van der Waals surface area contributed by atoms with Crippen LogP contribution in [0.4, 0.5) is 14.6 Å². The lowest BCUT2D eigenvalue weighted by Crippen LogP contribution is -2.45. The van der Waals surface area contributed by atoms with Crippen molar-refractivity contribution < 1.29 is 41.2 Å². The Morgan fingerprint density at radius 2 is 2.25 bits per heavy atom. The number of anilines is 1. The molecule has 0 aromatic carbocycles. The van der Waals surface area contributed by atoms with E-state index in [0.717, 1.165) is 12.3 Å². The second-order valence-electron chi connectivity index (χ2n) is 6.32. The number of aromatic nitrogens is 2. The number of halogens is 2. The lowest BCUT2D eigenvalue weighted by atomic mass is 10.1. The molecule has 0 saturated carbocycles. The molecule has 0 radical (unpaired) electrons. The minimum Gasteiger partial charge on any atom is -0.461 e. The van der Waals surface area contributed by atoms with Crippen molar-refractivity contribution in [3.05, 3.63) is 22.7 Å². The Morgan fingerprint density at radius 1 is 1.54 bits per heavy atom. The monoisotopic (exact) mass is 425 g/mol. The number of hydrogen-bond donors (Lipinski definition) is 1. The molecule has 0 spiro atoms. The molecule has 0 bridgehead atoms. The van der Waals surface area contributed by atoms with Crippen molar-refractivity contribution in [1.82, 2.24) is 9.55 Å². The molecule has 156 valence electrons. The number of carbonyl (C=O) groups is 1. The molecule has 0 amide bonds. The normalized spacial score (nSPS) is 31.5.